The molecule has 1 rings (SSSR count). The molecule has 0 aliphatic carbocycles. The van der Waals surface area contributed by atoms with Gasteiger partial charge in [0.1, 0.15) is 0 Å². The van der Waals surface area contributed by atoms with Gasteiger partial charge in [-0.15, -0.1) is 0 Å². The fourth-order valence-corrected chi connectivity index (χ4v) is 0.794. The number of aromatic nitrogens is 1. The first-order valence-corrected chi connectivity index (χ1v) is 3.32. The topological polar surface area (TPSA) is 38.9 Å². The van der Waals surface area contributed by atoms with Gasteiger partial charge in [-0.1, -0.05) is 0 Å². The summed E-state index contributed by atoms with van der Waals surface area (Å²) in [5.41, 5.74) is 3.51. The normalized spacial score (nSPS) is 11.8. The van der Waals surface area contributed by atoms with Crippen molar-refractivity contribution in [2.24, 2.45) is 0 Å². The number of aryl methyl sites for hydroxylation is 1. The van der Waals surface area contributed by atoms with Crippen LogP contribution in [0.4, 0.5) is 23.2 Å². The predicted octanol–water partition coefficient (Wildman–Crippen LogP) is 2.13. The van der Waals surface area contributed by atoms with Crippen LogP contribution in [0, 0.1) is 12.7 Å². The van der Waals surface area contributed by atoms with E-state index in [0.717, 1.165) is 0 Å². The summed E-state index contributed by atoms with van der Waals surface area (Å²) in [7, 11) is 0. The molecule has 0 atom stereocenters. The van der Waals surface area contributed by atoms with Crippen LogP contribution in [0.1, 0.15) is 11.4 Å². The number of hydrogen-bond donors (Lipinski definition) is 1. The average Bonchev–Trinajstić information content (AvgIpc) is 1.94. The van der Waals surface area contributed by atoms with Crippen LogP contribution in [-0.4, -0.2) is 4.98 Å². The van der Waals surface area contributed by atoms with Crippen molar-refractivity contribution in [2.75, 3.05) is 5.73 Å². The minimum absolute atomic E-state index is 0.0336. The van der Waals surface area contributed by atoms with E-state index >= 15 is 0 Å². The SMILES string of the molecule is Cc1nc(C(F)(F)F)c(F)cc1N. The number of halogens is 4. The Hall–Kier alpha value is -1.33. The first kappa shape index (κ1) is 9.76. The largest absolute Gasteiger partial charge is 0.436 e. The lowest BCUT2D eigenvalue weighted by atomic mass is 10.2. The summed E-state index contributed by atoms with van der Waals surface area (Å²) in [6.07, 6.45) is -4.78. The number of nitrogens with zero attached hydrogens (tertiary/aromatic N) is 1. The van der Waals surface area contributed by atoms with Crippen LogP contribution >= 0.6 is 0 Å². The third kappa shape index (κ3) is 1.88. The molecule has 0 saturated heterocycles. The summed E-state index contributed by atoms with van der Waals surface area (Å²) in [5.74, 6) is -1.45. The second-order valence-electron chi connectivity index (χ2n) is 2.49. The van der Waals surface area contributed by atoms with Crippen molar-refractivity contribution in [3.05, 3.63) is 23.3 Å². The molecule has 0 bridgehead atoms. The molecule has 0 saturated carbocycles. The van der Waals surface area contributed by atoms with Crippen LogP contribution in [-0.2, 0) is 6.18 Å². The molecule has 72 valence electrons. The molecule has 0 fully saturated rings. The zero-order chi connectivity index (χ0) is 10.2. The third-order valence-corrected chi connectivity index (χ3v) is 1.47. The minimum Gasteiger partial charge on any atom is -0.397 e. The Kier molecular flexibility index (Phi) is 2.15. The first-order chi connectivity index (χ1) is 5.82. The van der Waals surface area contributed by atoms with Gasteiger partial charge in [-0.05, 0) is 6.92 Å². The highest BCUT2D eigenvalue weighted by Gasteiger charge is 2.36. The molecule has 2 nitrogen and oxygen atoms in total. The van der Waals surface area contributed by atoms with E-state index in [0.29, 0.717) is 6.07 Å². The molecular weight excluding hydrogens is 188 g/mol. The van der Waals surface area contributed by atoms with E-state index in [2.05, 4.69) is 4.98 Å². The van der Waals surface area contributed by atoms with E-state index < -0.39 is 17.7 Å². The maximum atomic E-state index is 12.7. The third-order valence-electron chi connectivity index (χ3n) is 1.47. The highest BCUT2D eigenvalue weighted by atomic mass is 19.4. The van der Waals surface area contributed by atoms with Gasteiger partial charge in [0.2, 0.25) is 0 Å². The standard InChI is InChI=1S/C7H6F4N2/c1-3-5(12)2-4(8)6(13-3)7(9,10)11/h2H,12H2,1H3. The van der Waals surface area contributed by atoms with Gasteiger partial charge in [-0.25, -0.2) is 9.37 Å². The number of hydrogen-bond acceptors (Lipinski definition) is 2. The van der Waals surface area contributed by atoms with E-state index in [1.54, 1.807) is 0 Å². The van der Waals surface area contributed by atoms with Crippen molar-refractivity contribution in [2.45, 2.75) is 13.1 Å². The Balaban J connectivity index is 3.32. The van der Waals surface area contributed by atoms with E-state index in [-0.39, 0.29) is 11.4 Å². The van der Waals surface area contributed by atoms with Crippen molar-refractivity contribution < 1.29 is 17.6 Å². The maximum Gasteiger partial charge on any atom is 0.436 e. The van der Waals surface area contributed by atoms with Gasteiger partial charge in [0.15, 0.2) is 11.5 Å². The fourth-order valence-electron chi connectivity index (χ4n) is 0.794. The first-order valence-electron chi connectivity index (χ1n) is 3.32. The molecule has 13 heavy (non-hydrogen) atoms. The Morgan fingerprint density at radius 3 is 2.38 bits per heavy atom. The van der Waals surface area contributed by atoms with Gasteiger partial charge in [-0.3, -0.25) is 0 Å². The smallest absolute Gasteiger partial charge is 0.397 e. The van der Waals surface area contributed by atoms with Gasteiger partial charge in [0.25, 0.3) is 0 Å². The lowest BCUT2D eigenvalue weighted by Crippen LogP contribution is -2.13. The van der Waals surface area contributed by atoms with Gasteiger partial charge in [0, 0.05) is 6.07 Å². The van der Waals surface area contributed by atoms with Gasteiger partial charge >= 0.3 is 6.18 Å². The van der Waals surface area contributed by atoms with Crippen LogP contribution in [0.15, 0.2) is 6.07 Å². The van der Waals surface area contributed by atoms with E-state index in [4.69, 9.17) is 5.73 Å². The van der Waals surface area contributed by atoms with E-state index in [1.165, 1.54) is 6.92 Å². The monoisotopic (exact) mass is 194 g/mol. The zero-order valence-electron chi connectivity index (χ0n) is 6.61. The Labute approximate surface area is 71.4 Å². The number of pyridine rings is 1. The van der Waals surface area contributed by atoms with Gasteiger partial charge in [0.05, 0.1) is 11.4 Å². The molecule has 0 unspecified atom stereocenters. The Bertz CT molecular complexity index is 332. The molecule has 0 amide bonds. The van der Waals surface area contributed by atoms with Crippen LogP contribution in [0.5, 0.6) is 0 Å². The summed E-state index contributed by atoms with van der Waals surface area (Å²) in [6, 6.07) is 0.616. The Morgan fingerprint density at radius 1 is 1.38 bits per heavy atom. The number of alkyl halides is 3. The van der Waals surface area contributed by atoms with Gasteiger partial charge in [-0.2, -0.15) is 13.2 Å². The molecule has 0 aliphatic heterocycles. The van der Waals surface area contributed by atoms with Crippen molar-refractivity contribution in [1.29, 1.82) is 0 Å². The van der Waals surface area contributed by atoms with E-state index in [9.17, 15) is 17.6 Å². The van der Waals surface area contributed by atoms with Crippen molar-refractivity contribution in [3.63, 3.8) is 0 Å². The van der Waals surface area contributed by atoms with Crippen LogP contribution in [0.3, 0.4) is 0 Å². The van der Waals surface area contributed by atoms with Crippen molar-refractivity contribution in [3.8, 4) is 0 Å². The molecular formula is C7H6F4N2. The number of rotatable bonds is 0. The number of nitrogens with two attached hydrogens (primary N) is 1. The molecule has 1 aromatic heterocycles. The molecule has 0 aliphatic rings. The van der Waals surface area contributed by atoms with Crippen molar-refractivity contribution in [1.82, 2.24) is 4.98 Å². The fraction of sp³-hybridized carbons (Fsp3) is 0.286. The molecule has 1 heterocycles. The summed E-state index contributed by atoms with van der Waals surface area (Å²) < 4.78 is 48.7. The predicted molar refractivity (Wildman–Crippen MR) is 38.3 cm³/mol. The summed E-state index contributed by atoms with van der Waals surface area (Å²) in [6.45, 7) is 1.28. The maximum absolute atomic E-state index is 12.7. The molecule has 0 spiro atoms. The zero-order valence-corrected chi connectivity index (χ0v) is 6.61. The molecule has 6 heteroatoms. The highest BCUT2D eigenvalue weighted by Crippen LogP contribution is 2.30. The average molecular weight is 194 g/mol. The molecule has 1 aromatic rings. The summed E-state index contributed by atoms with van der Waals surface area (Å²) in [4.78, 5) is 3.02. The van der Waals surface area contributed by atoms with Crippen molar-refractivity contribution >= 4 is 5.69 Å². The summed E-state index contributed by atoms with van der Waals surface area (Å²) in [5, 5.41) is 0. The molecule has 0 aromatic carbocycles. The van der Waals surface area contributed by atoms with Gasteiger partial charge < -0.3 is 5.73 Å². The van der Waals surface area contributed by atoms with E-state index in [1.807, 2.05) is 0 Å². The molecule has 2 N–H and O–H groups in total. The van der Waals surface area contributed by atoms with Crippen LogP contribution in [0.2, 0.25) is 0 Å². The Morgan fingerprint density at radius 2 is 1.92 bits per heavy atom. The summed E-state index contributed by atoms with van der Waals surface area (Å²) >= 11 is 0. The lowest BCUT2D eigenvalue weighted by Gasteiger charge is -2.08. The van der Waals surface area contributed by atoms with Crippen LogP contribution in [0.25, 0.3) is 0 Å². The second-order valence-corrected chi connectivity index (χ2v) is 2.49. The lowest BCUT2D eigenvalue weighted by molar-refractivity contribution is -0.143. The minimum atomic E-state index is -4.78. The van der Waals surface area contributed by atoms with Crippen LogP contribution < -0.4 is 5.73 Å². The number of anilines is 1. The second kappa shape index (κ2) is 2.86. The number of nitrogen functional groups attached to an aromatic ring is 1. The quantitative estimate of drug-likeness (QED) is 0.642. The highest BCUT2D eigenvalue weighted by molar-refractivity contribution is 5.43. The molecule has 0 radical (unpaired) electrons.